The summed E-state index contributed by atoms with van der Waals surface area (Å²) in [7, 11) is 0. The summed E-state index contributed by atoms with van der Waals surface area (Å²) in [5.41, 5.74) is 2.46. The van der Waals surface area contributed by atoms with Crippen LogP contribution >= 0.6 is 0 Å². The van der Waals surface area contributed by atoms with Crippen molar-refractivity contribution in [2.24, 2.45) is 0 Å². The average Bonchev–Trinajstić information content (AvgIpc) is 2.61. The highest BCUT2D eigenvalue weighted by Crippen LogP contribution is 2.22. The topological polar surface area (TPSA) is 37.8 Å². The van der Waals surface area contributed by atoms with Crippen LogP contribution in [0.2, 0.25) is 0 Å². The number of nitrogens with zero attached hydrogens (tertiary/aromatic N) is 2. The second-order valence-electron chi connectivity index (χ2n) is 3.68. The number of hydrogen-bond donors (Lipinski definition) is 1. The SMILES string of the molecule is Cc1ncc(C)c(C2CCNC2)n1. The molecule has 0 radical (unpaired) electrons. The van der Waals surface area contributed by atoms with Gasteiger partial charge in [-0.25, -0.2) is 9.97 Å². The van der Waals surface area contributed by atoms with Crippen LogP contribution in [0.25, 0.3) is 0 Å². The first kappa shape index (κ1) is 8.63. The van der Waals surface area contributed by atoms with Gasteiger partial charge in [-0.1, -0.05) is 0 Å². The monoisotopic (exact) mass is 177 g/mol. The van der Waals surface area contributed by atoms with E-state index in [1.54, 1.807) is 0 Å². The molecule has 2 rings (SSSR count). The molecule has 1 atom stereocenters. The van der Waals surface area contributed by atoms with Gasteiger partial charge in [0, 0.05) is 18.7 Å². The van der Waals surface area contributed by atoms with Crippen LogP contribution < -0.4 is 5.32 Å². The second kappa shape index (κ2) is 3.42. The number of nitrogens with one attached hydrogen (secondary N) is 1. The second-order valence-corrected chi connectivity index (χ2v) is 3.68. The largest absolute Gasteiger partial charge is 0.316 e. The van der Waals surface area contributed by atoms with Crippen molar-refractivity contribution in [1.29, 1.82) is 0 Å². The molecule has 3 nitrogen and oxygen atoms in total. The molecule has 0 aliphatic carbocycles. The molecule has 0 saturated carbocycles. The van der Waals surface area contributed by atoms with Gasteiger partial charge in [-0.2, -0.15) is 0 Å². The molecule has 0 bridgehead atoms. The van der Waals surface area contributed by atoms with E-state index >= 15 is 0 Å². The summed E-state index contributed by atoms with van der Waals surface area (Å²) in [6, 6.07) is 0. The van der Waals surface area contributed by atoms with Crippen molar-refractivity contribution in [3.63, 3.8) is 0 Å². The Morgan fingerprint density at radius 1 is 1.46 bits per heavy atom. The Morgan fingerprint density at radius 3 is 3.00 bits per heavy atom. The summed E-state index contributed by atoms with van der Waals surface area (Å²) in [6.45, 7) is 6.23. The zero-order valence-electron chi connectivity index (χ0n) is 8.17. The van der Waals surface area contributed by atoms with Crippen molar-refractivity contribution >= 4 is 0 Å². The zero-order valence-corrected chi connectivity index (χ0v) is 8.17. The lowest BCUT2D eigenvalue weighted by Crippen LogP contribution is -2.10. The van der Waals surface area contributed by atoms with Crippen LogP contribution in [0, 0.1) is 13.8 Å². The van der Waals surface area contributed by atoms with Gasteiger partial charge in [0.2, 0.25) is 0 Å². The van der Waals surface area contributed by atoms with Gasteiger partial charge in [0.25, 0.3) is 0 Å². The summed E-state index contributed by atoms with van der Waals surface area (Å²) >= 11 is 0. The van der Waals surface area contributed by atoms with Crippen LogP contribution in [0.4, 0.5) is 0 Å². The van der Waals surface area contributed by atoms with Gasteiger partial charge in [0.1, 0.15) is 5.82 Å². The van der Waals surface area contributed by atoms with E-state index in [0.717, 1.165) is 18.9 Å². The van der Waals surface area contributed by atoms with Crippen LogP contribution in [0.5, 0.6) is 0 Å². The fourth-order valence-electron chi connectivity index (χ4n) is 1.85. The Bertz CT molecular complexity index is 303. The highest BCUT2D eigenvalue weighted by Gasteiger charge is 2.19. The number of aryl methyl sites for hydroxylation is 2. The van der Waals surface area contributed by atoms with Gasteiger partial charge < -0.3 is 5.32 Å². The number of rotatable bonds is 1. The van der Waals surface area contributed by atoms with Gasteiger partial charge in [-0.3, -0.25) is 0 Å². The Hall–Kier alpha value is -0.960. The molecule has 1 aliphatic rings. The van der Waals surface area contributed by atoms with Crippen LogP contribution in [0.1, 0.15) is 29.4 Å². The van der Waals surface area contributed by atoms with Crippen molar-refractivity contribution in [2.75, 3.05) is 13.1 Å². The van der Waals surface area contributed by atoms with Crippen molar-refractivity contribution in [1.82, 2.24) is 15.3 Å². The predicted molar refractivity (Wildman–Crippen MR) is 51.7 cm³/mol. The van der Waals surface area contributed by atoms with E-state index < -0.39 is 0 Å². The molecule has 0 amide bonds. The Labute approximate surface area is 78.6 Å². The third-order valence-corrected chi connectivity index (χ3v) is 2.58. The summed E-state index contributed by atoms with van der Waals surface area (Å²) in [5, 5.41) is 3.36. The van der Waals surface area contributed by atoms with E-state index in [2.05, 4.69) is 22.2 Å². The van der Waals surface area contributed by atoms with Gasteiger partial charge in [-0.05, 0) is 32.4 Å². The van der Waals surface area contributed by atoms with E-state index in [-0.39, 0.29) is 0 Å². The lowest BCUT2D eigenvalue weighted by atomic mass is 10.0. The van der Waals surface area contributed by atoms with Crippen LogP contribution in [-0.2, 0) is 0 Å². The molecule has 0 aromatic carbocycles. The molecule has 1 aliphatic heterocycles. The Balaban J connectivity index is 2.32. The molecule has 1 aromatic rings. The van der Waals surface area contributed by atoms with E-state index in [4.69, 9.17) is 0 Å². The normalized spacial score (nSPS) is 22.2. The molecule has 3 heteroatoms. The highest BCUT2D eigenvalue weighted by molar-refractivity contribution is 5.21. The molecule has 1 saturated heterocycles. The standard InChI is InChI=1S/C10H15N3/c1-7-5-12-8(2)13-10(7)9-3-4-11-6-9/h5,9,11H,3-4,6H2,1-2H3. The van der Waals surface area contributed by atoms with Gasteiger partial charge in [0.05, 0.1) is 5.69 Å². The molecule has 70 valence electrons. The summed E-state index contributed by atoms with van der Waals surface area (Å²) in [5.74, 6) is 1.48. The fourth-order valence-corrected chi connectivity index (χ4v) is 1.85. The van der Waals surface area contributed by atoms with E-state index in [0.29, 0.717) is 5.92 Å². The van der Waals surface area contributed by atoms with E-state index in [9.17, 15) is 0 Å². The average molecular weight is 177 g/mol. The summed E-state index contributed by atoms with van der Waals surface area (Å²) in [6.07, 6.45) is 3.13. The Morgan fingerprint density at radius 2 is 2.31 bits per heavy atom. The van der Waals surface area contributed by atoms with Crippen molar-refractivity contribution < 1.29 is 0 Å². The van der Waals surface area contributed by atoms with Gasteiger partial charge in [-0.15, -0.1) is 0 Å². The van der Waals surface area contributed by atoms with Crippen LogP contribution in [-0.4, -0.2) is 23.1 Å². The molecule has 0 spiro atoms. The molecule has 1 N–H and O–H groups in total. The Kier molecular flexibility index (Phi) is 2.27. The maximum atomic E-state index is 4.50. The first-order valence-electron chi connectivity index (χ1n) is 4.78. The molecule has 1 unspecified atom stereocenters. The lowest BCUT2D eigenvalue weighted by molar-refractivity contribution is 0.716. The third kappa shape index (κ3) is 1.70. The quantitative estimate of drug-likeness (QED) is 0.699. The van der Waals surface area contributed by atoms with Crippen molar-refractivity contribution in [3.05, 3.63) is 23.3 Å². The zero-order chi connectivity index (χ0) is 9.26. The van der Waals surface area contributed by atoms with Gasteiger partial charge in [0.15, 0.2) is 0 Å². The minimum absolute atomic E-state index is 0.599. The van der Waals surface area contributed by atoms with E-state index in [1.165, 1.54) is 17.7 Å². The number of hydrogen-bond acceptors (Lipinski definition) is 3. The maximum absolute atomic E-state index is 4.50. The predicted octanol–water partition coefficient (Wildman–Crippen LogP) is 1.17. The molecule has 1 aromatic heterocycles. The molecular weight excluding hydrogens is 162 g/mol. The van der Waals surface area contributed by atoms with E-state index in [1.807, 2.05) is 13.1 Å². The minimum atomic E-state index is 0.599. The minimum Gasteiger partial charge on any atom is -0.316 e. The smallest absolute Gasteiger partial charge is 0.125 e. The number of aromatic nitrogens is 2. The lowest BCUT2D eigenvalue weighted by Gasteiger charge is -2.10. The van der Waals surface area contributed by atoms with Crippen LogP contribution in [0.15, 0.2) is 6.20 Å². The van der Waals surface area contributed by atoms with Crippen LogP contribution in [0.3, 0.4) is 0 Å². The first-order valence-corrected chi connectivity index (χ1v) is 4.78. The maximum Gasteiger partial charge on any atom is 0.125 e. The molecular formula is C10H15N3. The first-order chi connectivity index (χ1) is 6.27. The van der Waals surface area contributed by atoms with Crippen molar-refractivity contribution in [2.45, 2.75) is 26.2 Å². The third-order valence-electron chi connectivity index (χ3n) is 2.58. The van der Waals surface area contributed by atoms with Crippen molar-refractivity contribution in [3.8, 4) is 0 Å². The fraction of sp³-hybridized carbons (Fsp3) is 0.600. The highest BCUT2D eigenvalue weighted by atomic mass is 14.9. The molecule has 13 heavy (non-hydrogen) atoms. The molecule has 1 fully saturated rings. The summed E-state index contributed by atoms with van der Waals surface area (Å²) < 4.78 is 0. The van der Waals surface area contributed by atoms with Gasteiger partial charge >= 0.3 is 0 Å². The molecule has 2 heterocycles. The summed E-state index contributed by atoms with van der Waals surface area (Å²) in [4.78, 5) is 8.68.